The maximum atomic E-state index is 14.7. The van der Waals surface area contributed by atoms with Crippen molar-refractivity contribution < 1.29 is 22.0 Å². The normalized spacial score (nSPS) is 19.7. The molecule has 12 heteroatoms. The van der Waals surface area contributed by atoms with Crippen LogP contribution in [0.15, 0.2) is 47.0 Å². The highest BCUT2D eigenvalue weighted by molar-refractivity contribution is 5.66. The van der Waals surface area contributed by atoms with Crippen LogP contribution in [0.5, 0.6) is 0 Å². The summed E-state index contributed by atoms with van der Waals surface area (Å²) < 4.78 is 61.1. The summed E-state index contributed by atoms with van der Waals surface area (Å²) in [6.07, 6.45) is -0.205. The number of halogens is 4. The molecule has 0 saturated carbocycles. The molecule has 4 aromatic rings. The first-order valence-electron chi connectivity index (χ1n) is 11.4. The maximum absolute atomic E-state index is 14.7. The van der Waals surface area contributed by atoms with Gasteiger partial charge in [0, 0.05) is 41.9 Å². The van der Waals surface area contributed by atoms with E-state index in [1.54, 1.807) is 18.3 Å². The van der Waals surface area contributed by atoms with Crippen molar-refractivity contribution in [3.8, 4) is 22.7 Å². The largest absolute Gasteiger partial charge is 0.415 e. The lowest BCUT2D eigenvalue weighted by Crippen LogP contribution is -2.44. The molecule has 0 amide bonds. The summed E-state index contributed by atoms with van der Waals surface area (Å²) in [5.74, 6) is -1.87. The molecular formula is C24H21F4N7O. The zero-order valence-corrected chi connectivity index (χ0v) is 19.2. The number of nitrogens with zero attached hydrogens (tertiary/aromatic N) is 7. The fourth-order valence-electron chi connectivity index (χ4n) is 4.98. The molecule has 2 atom stereocenters. The van der Waals surface area contributed by atoms with Gasteiger partial charge in [-0.05, 0) is 43.8 Å². The maximum Gasteiger partial charge on any atom is 0.314 e. The first kappa shape index (κ1) is 22.7. The third-order valence-corrected chi connectivity index (χ3v) is 6.86. The lowest BCUT2D eigenvalue weighted by Gasteiger charge is -2.34. The zero-order valence-electron chi connectivity index (χ0n) is 19.2. The smallest absolute Gasteiger partial charge is 0.314 e. The third kappa shape index (κ3) is 4.00. The van der Waals surface area contributed by atoms with Crippen LogP contribution in [0.25, 0.3) is 22.7 Å². The number of hydrogen-bond acceptors (Lipinski definition) is 7. The van der Waals surface area contributed by atoms with Gasteiger partial charge < -0.3 is 9.32 Å². The second-order valence-electron chi connectivity index (χ2n) is 9.16. The van der Waals surface area contributed by atoms with E-state index in [1.165, 1.54) is 22.9 Å². The molecule has 36 heavy (non-hydrogen) atoms. The molecule has 2 fully saturated rings. The fraction of sp³-hybridized carbons (Fsp3) is 0.333. The quantitative estimate of drug-likeness (QED) is 0.369. The van der Waals surface area contributed by atoms with E-state index >= 15 is 0 Å². The number of alkyl halides is 2. The molecule has 2 aromatic carbocycles. The van der Waals surface area contributed by atoms with Crippen molar-refractivity contribution in [3.63, 3.8) is 0 Å². The van der Waals surface area contributed by atoms with E-state index in [1.807, 2.05) is 0 Å². The Balaban J connectivity index is 1.20. The molecule has 4 heterocycles. The lowest BCUT2D eigenvalue weighted by molar-refractivity contribution is 0.116. The van der Waals surface area contributed by atoms with Gasteiger partial charge in [0.25, 0.3) is 5.89 Å². The molecule has 0 unspecified atom stereocenters. The Hall–Kier alpha value is -3.80. The summed E-state index contributed by atoms with van der Waals surface area (Å²) >= 11 is 0. The van der Waals surface area contributed by atoms with Crippen LogP contribution in [-0.4, -0.2) is 62.3 Å². The van der Waals surface area contributed by atoms with Crippen molar-refractivity contribution in [3.05, 3.63) is 65.7 Å². The first-order chi connectivity index (χ1) is 17.4. The minimum atomic E-state index is -2.90. The Morgan fingerprint density at radius 1 is 0.972 bits per heavy atom. The van der Waals surface area contributed by atoms with Crippen LogP contribution in [-0.2, 0) is 6.54 Å². The predicted molar refractivity (Wildman–Crippen MR) is 121 cm³/mol. The van der Waals surface area contributed by atoms with Crippen molar-refractivity contribution in [1.29, 1.82) is 0 Å². The molecular weight excluding hydrogens is 478 g/mol. The summed E-state index contributed by atoms with van der Waals surface area (Å²) in [7, 11) is 2.09. The number of likely N-dealkylation sites (N-methyl/N-ethyl adjacent to an activating group) is 1. The zero-order chi connectivity index (χ0) is 25.0. The van der Waals surface area contributed by atoms with E-state index < -0.39 is 18.1 Å². The van der Waals surface area contributed by atoms with Crippen molar-refractivity contribution in [1.82, 2.24) is 30.1 Å². The Bertz CT molecular complexity index is 1420. The van der Waals surface area contributed by atoms with Crippen LogP contribution in [0.1, 0.15) is 24.3 Å². The van der Waals surface area contributed by atoms with Gasteiger partial charge in [0.2, 0.25) is 5.89 Å². The van der Waals surface area contributed by atoms with Crippen LogP contribution < -0.4 is 4.90 Å². The lowest BCUT2D eigenvalue weighted by atomic mass is 10.1. The number of likely N-dealkylation sites (tertiary alicyclic amines) is 1. The molecule has 2 aliphatic rings. The number of rotatable bonds is 6. The highest BCUT2D eigenvalue weighted by atomic mass is 19.3. The van der Waals surface area contributed by atoms with Crippen molar-refractivity contribution in [2.75, 3.05) is 25.0 Å². The van der Waals surface area contributed by atoms with Gasteiger partial charge in [-0.25, -0.2) is 13.5 Å². The van der Waals surface area contributed by atoms with E-state index in [4.69, 9.17) is 4.42 Å². The Kier molecular flexibility index (Phi) is 5.47. The van der Waals surface area contributed by atoms with Crippen molar-refractivity contribution in [2.24, 2.45) is 0 Å². The average molecular weight is 499 g/mol. The summed E-state index contributed by atoms with van der Waals surface area (Å²) in [6, 6.07) is 9.75. The molecule has 0 N–H and O–H groups in total. The summed E-state index contributed by atoms with van der Waals surface area (Å²) in [5, 5.41) is 15.1. The number of benzene rings is 2. The van der Waals surface area contributed by atoms with Crippen LogP contribution >= 0.6 is 0 Å². The fourth-order valence-corrected chi connectivity index (χ4v) is 4.98. The predicted octanol–water partition coefficient (Wildman–Crippen LogP) is 4.15. The van der Waals surface area contributed by atoms with E-state index in [-0.39, 0.29) is 23.8 Å². The monoisotopic (exact) mass is 499 g/mol. The summed E-state index contributed by atoms with van der Waals surface area (Å²) in [4.78, 5) is 4.43. The number of aromatic nitrogens is 5. The molecule has 2 aromatic heterocycles. The Morgan fingerprint density at radius 2 is 1.81 bits per heavy atom. The van der Waals surface area contributed by atoms with E-state index in [0.717, 1.165) is 31.1 Å². The van der Waals surface area contributed by atoms with Crippen LogP contribution in [0.3, 0.4) is 0 Å². The first-order valence-corrected chi connectivity index (χ1v) is 11.4. The highest BCUT2D eigenvalue weighted by Crippen LogP contribution is 2.36. The summed E-state index contributed by atoms with van der Waals surface area (Å²) in [5.41, 5.74) is 2.31. The molecule has 0 radical (unpaired) electrons. The molecule has 2 bridgehead atoms. The van der Waals surface area contributed by atoms with Crippen LogP contribution in [0, 0.1) is 11.6 Å². The van der Waals surface area contributed by atoms with Gasteiger partial charge in [0.05, 0.1) is 18.4 Å². The highest BCUT2D eigenvalue weighted by Gasteiger charge is 2.42. The van der Waals surface area contributed by atoms with E-state index in [9.17, 15) is 17.6 Å². The molecule has 2 aliphatic heterocycles. The van der Waals surface area contributed by atoms with Gasteiger partial charge in [-0.1, -0.05) is 11.3 Å². The number of anilines is 1. The second-order valence-corrected chi connectivity index (χ2v) is 9.16. The topological polar surface area (TPSA) is 76.1 Å². The minimum absolute atomic E-state index is 0.0848. The Morgan fingerprint density at radius 3 is 2.50 bits per heavy atom. The van der Waals surface area contributed by atoms with Crippen LogP contribution in [0.4, 0.5) is 23.2 Å². The number of piperazine rings is 1. The van der Waals surface area contributed by atoms with E-state index in [0.29, 0.717) is 29.0 Å². The summed E-state index contributed by atoms with van der Waals surface area (Å²) in [6.45, 7) is 1.78. The Labute approximate surface area is 203 Å². The second kappa shape index (κ2) is 8.70. The standard InChI is InChI=1S/C24H21F4N7O/c1-33-10-17-8-16(33)11-35(17)21-7-13(4-5-18(21)25)20-12-34(32-29-20)9-15-3-2-14(6-19(15)26)23-30-31-24(36-23)22(27)28/h2-7,12,16-17,22H,8-11H2,1H3/t16-,17-/m0/s1. The SMILES string of the molecule is CN1C[C@@H]2C[C@H]1CN2c1cc(-c2cn(Cc3ccc(-c4nnc(C(F)F)o4)cc3F)nn2)ccc1F. The average Bonchev–Trinajstić information content (AvgIpc) is 3.65. The van der Waals surface area contributed by atoms with Gasteiger partial charge in [0.1, 0.15) is 17.3 Å². The molecule has 0 spiro atoms. The molecule has 0 aliphatic carbocycles. The minimum Gasteiger partial charge on any atom is -0.415 e. The van der Waals surface area contributed by atoms with Gasteiger partial charge >= 0.3 is 6.43 Å². The number of hydrogen-bond donors (Lipinski definition) is 0. The van der Waals surface area contributed by atoms with Crippen LogP contribution in [0.2, 0.25) is 0 Å². The molecule has 2 saturated heterocycles. The van der Waals surface area contributed by atoms with Gasteiger partial charge in [0.15, 0.2) is 0 Å². The molecule has 8 nitrogen and oxygen atoms in total. The third-order valence-electron chi connectivity index (χ3n) is 6.86. The van der Waals surface area contributed by atoms with Gasteiger partial charge in [-0.3, -0.25) is 4.90 Å². The number of fused-ring (bicyclic) bond motifs is 2. The molecule has 186 valence electrons. The molecule has 6 rings (SSSR count). The van der Waals surface area contributed by atoms with Crippen molar-refractivity contribution in [2.45, 2.75) is 31.5 Å². The van der Waals surface area contributed by atoms with E-state index in [2.05, 4.69) is 37.4 Å². The van der Waals surface area contributed by atoms with Gasteiger partial charge in [-0.2, -0.15) is 8.78 Å². The van der Waals surface area contributed by atoms with Gasteiger partial charge in [-0.15, -0.1) is 15.3 Å². The van der Waals surface area contributed by atoms with Crippen molar-refractivity contribution >= 4 is 5.69 Å².